The molecule has 0 saturated heterocycles. The van der Waals surface area contributed by atoms with E-state index in [1.165, 1.54) is 50.6 Å². The van der Waals surface area contributed by atoms with Crippen LogP contribution in [0.25, 0.3) is 0 Å². The summed E-state index contributed by atoms with van der Waals surface area (Å²) < 4.78 is 2.24. The van der Waals surface area contributed by atoms with Gasteiger partial charge < -0.3 is 5.32 Å². The van der Waals surface area contributed by atoms with Crippen LogP contribution in [0.1, 0.15) is 77.5 Å². The lowest BCUT2D eigenvalue weighted by Gasteiger charge is -2.25. The van der Waals surface area contributed by atoms with Crippen molar-refractivity contribution in [2.45, 2.75) is 84.2 Å². The number of rotatable bonds is 8. The van der Waals surface area contributed by atoms with Crippen LogP contribution < -0.4 is 5.32 Å². The van der Waals surface area contributed by atoms with E-state index in [0.717, 1.165) is 18.9 Å². The molecule has 1 unspecified atom stereocenters. The van der Waals surface area contributed by atoms with Gasteiger partial charge in [-0.25, -0.2) is 0 Å². The average Bonchev–Trinajstić information content (AvgIpc) is 2.98. The number of hydrogen-bond acceptors (Lipinski definition) is 2. The smallest absolute Gasteiger partial charge is 0.0640 e. The van der Waals surface area contributed by atoms with Crippen LogP contribution in [0, 0.1) is 5.92 Å². The molecule has 1 atom stereocenters. The van der Waals surface area contributed by atoms with E-state index in [4.69, 9.17) is 5.10 Å². The molecule has 1 aliphatic rings. The topological polar surface area (TPSA) is 29.9 Å². The van der Waals surface area contributed by atoms with Gasteiger partial charge in [-0.05, 0) is 31.4 Å². The molecule has 2 rings (SSSR count). The van der Waals surface area contributed by atoms with E-state index >= 15 is 0 Å². The predicted octanol–water partition coefficient (Wildman–Crippen LogP) is 4.35. The third-order valence-electron chi connectivity index (χ3n) is 5.13. The van der Waals surface area contributed by atoms with Crippen molar-refractivity contribution in [3.8, 4) is 0 Å². The highest BCUT2D eigenvalue weighted by Crippen LogP contribution is 2.27. The van der Waals surface area contributed by atoms with Crippen LogP contribution in [0.5, 0.6) is 0 Å². The third kappa shape index (κ3) is 4.57. The number of nitrogens with one attached hydrogen (secondary N) is 1. The standard InChI is InChI=1S/C18H33N3/c1-4-15(5-2)18(19-6-3)14-16-12-13-21(20-16)17-10-8-7-9-11-17/h12-13,15,17-19H,4-11,14H2,1-3H3. The Kier molecular flexibility index (Phi) is 6.75. The summed E-state index contributed by atoms with van der Waals surface area (Å²) in [6.45, 7) is 7.86. The molecule has 3 heteroatoms. The Morgan fingerprint density at radius 3 is 2.52 bits per heavy atom. The highest BCUT2D eigenvalue weighted by Gasteiger charge is 2.20. The van der Waals surface area contributed by atoms with Gasteiger partial charge >= 0.3 is 0 Å². The zero-order chi connectivity index (χ0) is 15.1. The van der Waals surface area contributed by atoms with Gasteiger partial charge in [0.15, 0.2) is 0 Å². The van der Waals surface area contributed by atoms with E-state index in [-0.39, 0.29) is 0 Å². The molecule has 0 bridgehead atoms. The van der Waals surface area contributed by atoms with Crippen molar-refractivity contribution in [1.29, 1.82) is 0 Å². The molecule has 1 aliphatic carbocycles. The van der Waals surface area contributed by atoms with Crippen molar-refractivity contribution >= 4 is 0 Å². The molecule has 0 amide bonds. The van der Waals surface area contributed by atoms with Crippen molar-refractivity contribution in [2.24, 2.45) is 5.92 Å². The summed E-state index contributed by atoms with van der Waals surface area (Å²) in [6.07, 6.45) is 12.5. The molecule has 120 valence electrons. The second-order valence-corrected chi connectivity index (χ2v) is 6.52. The summed E-state index contributed by atoms with van der Waals surface area (Å²) in [5.41, 5.74) is 1.26. The fourth-order valence-electron chi connectivity index (χ4n) is 3.79. The molecule has 1 aromatic rings. The van der Waals surface area contributed by atoms with Crippen LogP contribution in [0.4, 0.5) is 0 Å². The summed E-state index contributed by atoms with van der Waals surface area (Å²) in [4.78, 5) is 0. The number of aromatic nitrogens is 2. The maximum atomic E-state index is 4.88. The highest BCUT2D eigenvalue weighted by molar-refractivity contribution is 5.03. The van der Waals surface area contributed by atoms with Gasteiger partial charge in [0.2, 0.25) is 0 Å². The molecule has 21 heavy (non-hydrogen) atoms. The summed E-state index contributed by atoms with van der Waals surface area (Å²) in [7, 11) is 0. The molecule has 0 aliphatic heterocycles. The number of likely N-dealkylation sites (N-methyl/N-ethyl adjacent to an activating group) is 1. The zero-order valence-electron chi connectivity index (χ0n) is 14.1. The van der Waals surface area contributed by atoms with Gasteiger partial charge in [0.05, 0.1) is 11.7 Å². The van der Waals surface area contributed by atoms with Gasteiger partial charge in [-0.1, -0.05) is 52.9 Å². The predicted molar refractivity (Wildman–Crippen MR) is 89.6 cm³/mol. The second-order valence-electron chi connectivity index (χ2n) is 6.52. The van der Waals surface area contributed by atoms with E-state index < -0.39 is 0 Å². The Bertz CT molecular complexity index is 389. The van der Waals surface area contributed by atoms with Crippen molar-refractivity contribution in [3.63, 3.8) is 0 Å². The minimum absolute atomic E-state index is 0.569. The normalized spacial score (nSPS) is 18.3. The molecule has 0 radical (unpaired) electrons. The van der Waals surface area contributed by atoms with E-state index in [2.05, 4.69) is 43.0 Å². The zero-order valence-corrected chi connectivity index (χ0v) is 14.1. The lowest BCUT2D eigenvalue weighted by Crippen LogP contribution is -2.37. The lowest BCUT2D eigenvalue weighted by molar-refractivity contribution is 0.319. The lowest BCUT2D eigenvalue weighted by atomic mass is 9.91. The first-order valence-corrected chi connectivity index (χ1v) is 9.05. The van der Waals surface area contributed by atoms with Crippen molar-refractivity contribution in [2.75, 3.05) is 6.54 Å². The summed E-state index contributed by atoms with van der Waals surface area (Å²) in [5, 5.41) is 8.56. The van der Waals surface area contributed by atoms with Crippen LogP contribution in [0.15, 0.2) is 12.3 Å². The Morgan fingerprint density at radius 1 is 1.19 bits per heavy atom. The summed E-state index contributed by atoms with van der Waals surface area (Å²) in [5.74, 6) is 0.754. The maximum Gasteiger partial charge on any atom is 0.0640 e. The molecule has 0 spiro atoms. The number of nitrogens with zero attached hydrogens (tertiary/aromatic N) is 2. The van der Waals surface area contributed by atoms with Crippen LogP contribution >= 0.6 is 0 Å². The Morgan fingerprint density at radius 2 is 1.90 bits per heavy atom. The number of hydrogen-bond donors (Lipinski definition) is 1. The van der Waals surface area contributed by atoms with E-state index in [1.54, 1.807) is 0 Å². The second kappa shape index (κ2) is 8.57. The Labute approximate surface area is 130 Å². The highest BCUT2D eigenvalue weighted by atomic mass is 15.3. The average molecular weight is 291 g/mol. The fourth-order valence-corrected chi connectivity index (χ4v) is 3.79. The molecule has 1 fully saturated rings. The Hall–Kier alpha value is -0.830. The van der Waals surface area contributed by atoms with Gasteiger partial charge in [0.25, 0.3) is 0 Å². The van der Waals surface area contributed by atoms with Gasteiger partial charge in [-0.15, -0.1) is 0 Å². The monoisotopic (exact) mass is 291 g/mol. The Balaban J connectivity index is 1.98. The van der Waals surface area contributed by atoms with Crippen LogP contribution in [0.3, 0.4) is 0 Å². The summed E-state index contributed by atoms with van der Waals surface area (Å²) >= 11 is 0. The van der Waals surface area contributed by atoms with Gasteiger partial charge in [0, 0.05) is 18.7 Å². The first-order chi connectivity index (χ1) is 10.3. The molecule has 1 heterocycles. The molecule has 3 nitrogen and oxygen atoms in total. The minimum Gasteiger partial charge on any atom is -0.314 e. The quantitative estimate of drug-likeness (QED) is 0.772. The van der Waals surface area contributed by atoms with Crippen LogP contribution in [-0.4, -0.2) is 22.4 Å². The molecule has 1 saturated carbocycles. The van der Waals surface area contributed by atoms with Crippen LogP contribution in [-0.2, 0) is 6.42 Å². The van der Waals surface area contributed by atoms with Crippen molar-refractivity contribution < 1.29 is 0 Å². The largest absolute Gasteiger partial charge is 0.314 e. The van der Waals surface area contributed by atoms with Crippen LogP contribution in [0.2, 0.25) is 0 Å². The molecule has 1 aromatic heterocycles. The SMILES string of the molecule is CCNC(Cc1ccn(C2CCCCC2)n1)C(CC)CC. The molecule has 0 aromatic carbocycles. The molecular formula is C18H33N3. The molecule has 1 N–H and O–H groups in total. The van der Waals surface area contributed by atoms with Crippen molar-refractivity contribution in [1.82, 2.24) is 15.1 Å². The van der Waals surface area contributed by atoms with E-state index in [9.17, 15) is 0 Å². The van der Waals surface area contributed by atoms with Gasteiger partial charge in [-0.3, -0.25) is 4.68 Å². The first kappa shape index (κ1) is 16.5. The third-order valence-corrected chi connectivity index (χ3v) is 5.13. The first-order valence-electron chi connectivity index (χ1n) is 9.05. The van der Waals surface area contributed by atoms with E-state index in [0.29, 0.717) is 12.1 Å². The minimum atomic E-state index is 0.569. The van der Waals surface area contributed by atoms with Crippen molar-refractivity contribution in [3.05, 3.63) is 18.0 Å². The van der Waals surface area contributed by atoms with E-state index in [1.807, 2.05) is 0 Å². The fraction of sp³-hybridized carbons (Fsp3) is 0.833. The van der Waals surface area contributed by atoms with Gasteiger partial charge in [-0.2, -0.15) is 5.10 Å². The molecular weight excluding hydrogens is 258 g/mol. The maximum absolute atomic E-state index is 4.88. The van der Waals surface area contributed by atoms with Gasteiger partial charge in [0.1, 0.15) is 0 Å². The summed E-state index contributed by atoms with van der Waals surface area (Å²) in [6, 6.07) is 3.46.